The molecular weight excluding hydrogens is 228 g/mol. The number of amides is 1. The molecule has 0 rings (SSSR count). The Morgan fingerprint density at radius 2 is 1.81 bits per heavy atom. The van der Waals surface area contributed by atoms with Gasteiger partial charge in [-0.15, -0.1) is 0 Å². The van der Waals surface area contributed by atoms with E-state index >= 15 is 0 Å². The third kappa shape index (κ3) is 8.67. The smallest absolute Gasteiger partial charge is 0.221 e. The van der Waals surface area contributed by atoms with Crippen LogP contribution < -0.4 is 10.6 Å². The molecule has 0 unspecified atom stereocenters. The number of hydrogen-bond acceptors (Lipinski definition) is 4. The van der Waals surface area contributed by atoms with Gasteiger partial charge in [-0.2, -0.15) is 0 Å². The first-order valence-electron chi connectivity index (χ1n) is 5.69. The van der Waals surface area contributed by atoms with E-state index in [2.05, 4.69) is 10.6 Å². The van der Waals surface area contributed by atoms with Gasteiger partial charge in [0, 0.05) is 31.8 Å². The topological polar surface area (TPSA) is 75.3 Å². The monoisotopic (exact) mass is 250 g/mol. The Morgan fingerprint density at radius 1 is 1.12 bits per heavy atom. The van der Waals surface area contributed by atoms with Crippen LogP contribution in [-0.4, -0.2) is 45.5 Å². The van der Waals surface area contributed by atoms with Crippen molar-refractivity contribution < 1.29 is 13.2 Å². The fourth-order valence-electron chi connectivity index (χ4n) is 1.05. The molecule has 16 heavy (non-hydrogen) atoms. The SMILES string of the molecule is CCCNC(=O)CCNCCS(=O)(=O)CC. The van der Waals surface area contributed by atoms with Gasteiger partial charge in [0.25, 0.3) is 0 Å². The molecule has 0 fully saturated rings. The summed E-state index contributed by atoms with van der Waals surface area (Å²) in [5.74, 6) is 0.318. The van der Waals surface area contributed by atoms with Gasteiger partial charge in [0.05, 0.1) is 5.75 Å². The van der Waals surface area contributed by atoms with E-state index in [1.807, 2.05) is 6.92 Å². The van der Waals surface area contributed by atoms with Gasteiger partial charge in [0.2, 0.25) is 5.91 Å². The summed E-state index contributed by atoms with van der Waals surface area (Å²) in [5.41, 5.74) is 0. The van der Waals surface area contributed by atoms with E-state index < -0.39 is 9.84 Å². The maximum Gasteiger partial charge on any atom is 0.221 e. The molecule has 6 heteroatoms. The normalized spacial score (nSPS) is 11.4. The molecule has 0 aliphatic rings. The maximum absolute atomic E-state index is 11.1. The maximum atomic E-state index is 11.1. The first-order valence-corrected chi connectivity index (χ1v) is 7.51. The predicted octanol–water partition coefficient (Wildman–Crippen LogP) is -0.0730. The number of sulfone groups is 1. The van der Waals surface area contributed by atoms with Crippen molar-refractivity contribution in [3.63, 3.8) is 0 Å². The van der Waals surface area contributed by atoms with E-state index in [0.717, 1.165) is 6.42 Å². The third-order valence-corrected chi connectivity index (χ3v) is 3.84. The molecule has 0 aliphatic carbocycles. The lowest BCUT2D eigenvalue weighted by atomic mass is 10.4. The Labute approximate surface area is 97.9 Å². The van der Waals surface area contributed by atoms with Gasteiger partial charge in [-0.1, -0.05) is 13.8 Å². The molecule has 2 N–H and O–H groups in total. The summed E-state index contributed by atoms with van der Waals surface area (Å²) in [6.07, 6.45) is 1.32. The van der Waals surface area contributed by atoms with E-state index in [-0.39, 0.29) is 17.4 Å². The second-order valence-electron chi connectivity index (χ2n) is 3.59. The summed E-state index contributed by atoms with van der Waals surface area (Å²) >= 11 is 0. The molecule has 0 spiro atoms. The summed E-state index contributed by atoms with van der Waals surface area (Å²) in [7, 11) is -2.90. The van der Waals surface area contributed by atoms with Crippen LogP contribution in [0.5, 0.6) is 0 Å². The van der Waals surface area contributed by atoms with Crippen molar-refractivity contribution in [2.24, 2.45) is 0 Å². The fourth-order valence-corrected chi connectivity index (χ4v) is 1.80. The molecule has 0 bridgehead atoms. The molecule has 0 atom stereocenters. The van der Waals surface area contributed by atoms with Crippen LogP contribution in [0.2, 0.25) is 0 Å². The number of nitrogens with one attached hydrogen (secondary N) is 2. The van der Waals surface area contributed by atoms with E-state index in [1.165, 1.54) is 0 Å². The van der Waals surface area contributed by atoms with Crippen LogP contribution in [0.25, 0.3) is 0 Å². The van der Waals surface area contributed by atoms with Crippen LogP contribution in [-0.2, 0) is 14.6 Å². The molecule has 1 amide bonds. The zero-order chi connectivity index (χ0) is 12.4. The second kappa shape index (κ2) is 8.52. The number of carbonyl (C=O) groups excluding carboxylic acids is 1. The highest BCUT2D eigenvalue weighted by Crippen LogP contribution is 1.87. The minimum Gasteiger partial charge on any atom is -0.356 e. The third-order valence-electron chi connectivity index (χ3n) is 2.13. The highest BCUT2D eigenvalue weighted by Gasteiger charge is 2.06. The van der Waals surface area contributed by atoms with Gasteiger partial charge in [-0.05, 0) is 6.42 Å². The van der Waals surface area contributed by atoms with Crippen LogP contribution in [0.3, 0.4) is 0 Å². The first kappa shape index (κ1) is 15.4. The quantitative estimate of drug-likeness (QED) is 0.562. The van der Waals surface area contributed by atoms with Crippen LogP contribution in [0.1, 0.15) is 26.7 Å². The molecular formula is C10H22N2O3S. The Kier molecular flexibility index (Phi) is 8.19. The van der Waals surface area contributed by atoms with Crippen molar-refractivity contribution in [1.82, 2.24) is 10.6 Å². The van der Waals surface area contributed by atoms with Gasteiger partial charge in [-0.25, -0.2) is 8.42 Å². The lowest BCUT2D eigenvalue weighted by molar-refractivity contribution is -0.120. The Bertz CT molecular complexity index is 288. The number of hydrogen-bond donors (Lipinski definition) is 2. The summed E-state index contributed by atoms with van der Waals surface area (Å²) in [5, 5.41) is 5.70. The Morgan fingerprint density at radius 3 is 2.38 bits per heavy atom. The van der Waals surface area contributed by atoms with E-state index in [4.69, 9.17) is 0 Å². The number of rotatable bonds is 9. The van der Waals surface area contributed by atoms with Crippen molar-refractivity contribution >= 4 is 15.7 Å². The molecule has 0 saturated heterocycles. The largest absolute Gasteiger partial charge is 0.356 e. The highest BCUT2D eigenvalue weighted by molar-refractivity contribution is 7.91. The van der Waals surface area contributed by atoms with Crippen molar-refractivity contribution in [3.05, 3.63) is 0 Å². The average Bonchev–Trinajstić information content (AvgIpc) is 2.25. The standard InChI is InChI=1S/C10H22N2O3S/c1-3-6-12-10(13)5-7-11-8-9-16(14,15)4-2/h11H,3-9H2,1-2H3,(H,12,13). The van der Waals surface area contributed by atoms with E-state index in [0.29, 0.717) is 26.1 Å². The highest BCUT2D eigenvalue weighted by atomic mass is 32.2. The minimum absolute atomic E-state index is 0.00713. The van der Waals surface area contributed by atoms with Crippen molar-refractivity contribution in [2.45, 2.75) is 26.7 Å². The molecule has 0 radical (unpaired) electrons. The lowest BCUT2D eigenvalue weighted by Gasteiger charge is -2.05. The van der Waals surface area contributed by atoms with Gasteiger partial charge >= 0.3 is 0 Å². The summed E-state index contributed by atoms with van der Waals surface area (Å²) in [4.78, 5) is 11.1. The predicted molar refractivity (Wildman–Crippen MR) is 65.1 cm³/mol. The molecule has 96 valence electrons. The zero-order valence-electron chi connectivity index (χ0n) is 10.1. The van der Waals surface area contributed by atoms with Gasteiger partial charge in [-0.3, -0.25) is 4.79 Å². The summed E-state index contributed by atoms with van der Waals surface area (Å²) in [6.45, 7) is 5.26. The minimum atomic E-state index is -2.90. The van der Waals surface area contributed by atoms with Gasteiger partial charge < -0.3 is 10.6 Å². The average molecular weight is 250 g/mol. The van der Waals surface area contributed by atoms with Gasteiger partial charge in [0.1, 0.15) is 0 Å². The fraction of sp³-hybridized carbons (Fsp3) is 0.900. The molecule has 0 aliphatic heterocycles. The van der Waals surface area contributed by atoms with Crippen LogP contribution in [0.4, 0.5) is 0 Å². The second-order valence-corrected chi connectivity index (χ2v) is 6.06. The molecule has 0 heterocycles. The van der Waals surface area contributed by atoms with Crippen LogP contribution in [0, 0.1) is 0 Å². The number of carbonyl (C=O) groups is 1. The summed E-state index contributed by atoms with van der Waals surface area (Å²) < 4.78 is 22.2. The first-order chi connectivity index (χ1) is 7.52. The van der Waals surface area contributed by atoms with Crippen molar-refractivity contribution in [2.75, 3.05) is 31.1 Å². The van der Waals surface area contributed by atoms with Crippen LogP contribution in [0.15, 0.2) is 0 Å². The Hall–Kier alpha value is -0.620. The molecule has 0 aromatic rings. The van der Waals surface area contributed by atoms with Gasteiger partial charge in [0.15, 0.2) is 9.84 Å². The van der Waals surface area contributed by atoms with Crippen molar-refractivity contribution in [1.29, 1.82) is 0 Å². The molecule has 0 aromatic carbocycles. The van der Waals surface area contributed by atoms with E-state index in [1.54, 1.807) is 6.92 Å². The van der Waals surface area contributed by atoms with Crippen LogP contribution >= 0.6 is 0 Å². The molecule has 0 aromatic heterocycles. The Balaban J connectivity index is 3.44. The molecule has 0 saturated carbocycles. The molecule has 5 nitrogen and oxygen atoms in total. The lowest BCUT2D eigenvalue weighted by Crippen LogP contribution is -2.30. The van der Waals surface area contributed by atoms with Crippen molar-refractivity contribution in [3.8, 4) is 0 Å². The van der Waals surface area contributed by atoms with E-state index in [9.17, 15) is 13.2 Å². The zero-order valence-corrected chi connectivity index (χ0v) is 10.9. The summed E-state index contributed by atoms with van der Waals surface area (Å²) in [6, 6.07) is 0.